The van der Waals surface area contributed by atoms with Gasteiger partial charge in [0.1, 0.15) is 5.52 Å². The molecular weight excluding hydrogens is 448 g/mol. The third kappa shape index (κ3) is 4.63. The highest BCUT2D eigenvalue weighted by Crippen LogP contribution is 2.44. The summed E-state index contributed by atoms with van der Waals surface area (Å²) >= 11 is 0. The van der Waals surface area contributed by atoms with Crippen molar-refractivity contribution in [2.45, 2.75) is 64.6 Å². The largest absolute Gasteiger partial charge is 0.423 e. The average Bonchev–Trinajstić information content (AvgIpc) is 3.29. The lowest BCUT2D eigenvalue weighted by Crippen LogP contribution is -2.51. The molecule has 1 amide bonds. The standard InChI is InChI=1S/C30H38N4O2/c1-20-18-33(19-22-8-4-3-5-9-22)14-15-34(20)30-32-28-26(12-7-13-27(28)36-30)29(35)31-25-16-23-10-6-11-24(17-25)21(23)2/h3-5,7-9,12-13,20-21,23-25H,6,10-11,14-19H2,1-2H3,(H,31,35)/t20-,21?,23?,24?,25?/m0/s1. The molecule has 2 saturated carbocycles. The summed E-state index contributed by atoms with van der Waals surface area (Å²) in [5, 5.41) is 3.36. The van der Waals surface area contributed by atoms with Crippen molar-refractivity contribution in [1.29, 1.82) is 0 Å². The second-order valence-corrected chi connectivity index (χ2v) is 11.4. The van der Waals surface area contributed by atoms with E-state index in [4.69, 9.17) is 9.40 Å². The third-order valence-electron chi connectivity index (χ3n) is 9.01. The smallest absolute Gasteiger partial charge is 0.298 e. The van der Waals surface area contributed by atoms with Crippen LogP contribution in [0.2, 0.25) is 0 Å². The summed E-state index contributed by atoms with van der Waals surface area (Å²) in [6, 6.07) is 17.5. The Morgan fingerprint density at radius 3 is 2.56 bits per heavy atom. The Bertz CT molecular complexity index is 1190. The molecule has 3 fully saturated rings. The van der Waals surface area contributed by atoms with Gasteiger partial charge in [-0.3, -0.25) is 9.69 Å². The van der Waals surface area contributed by atoms with Gasteiger partial charge in [-0.25, -0.2) is 0 Å². The number of anilines is 1. The van der Waals surface area contributed by atoms with Crippen LogP contribution in [0, 0.1) is 17.8 Å². The van der Waals surface area contributed by atoms with E-state index in [2.05, 4.69) is 59.3 Å². The SMILES string of the molecule is CC1C2CCCC1CC(NC(=O)c1cccc3oc(N4CCN(Cc5ccccc5)C[C@@H]4C)nc13)C2. The molecule has 2 bridgehead atoms. The third-order valence-corrected chi connectivity index (χ3v) is 9.01. The van der Waals surface area contributed by atoms with E-state index in [-0.39, 0.29) is 18.0 Å². The summed E-state index contributed by atoms with van der Waals surface area (Å²) in [7, 11) is 0. The number of oxazole rings is 1. The van der Waals surface area contributed by atoms with Crippen LogP contribution in [0.3, 0.4) is 0 Å². The van der Waals surface area contributed by atoms with E-state index in [0.29, 0.717) is 22.7 Å². The monoisotopic (exact) mass is 486 g/mol. The average molecular weight is 487 g/mol. The van der Waals surface area contributed by atoms with Gasteiger partial charge in [0.05, 0.1) is 5.56 Å². The van der Waals surface area contributed by atoms with Gasteiger partial charge in [-0.15, -0.1) is 0 Å². The molecule has 2 aliphatic carbocycles. The first-order chi connectivity index (χ1) is 17.5. The van der Waals surface area contributed by atoms with Gasteiger partial charge in [-0.05, 0) is 55.2 Å². The van der Waals surface area contributed by atoms with Gasteiger partial charge >= 0.3 is 0 Å². The summed E-state index contributed by atoms with van der Waals surface area (Å²) in [6.07, 6.45) is 6.18. The number of aromatic nitrogens is 1. The number of piperazine rings is 1. The van der Waals surface area contributed by atoms with Crippen LogP contribution < -0.4 is 10.2 Å². The summed E-state index contributed by atoms with van der Waals surface area (Å²) in [5.74, 6) is 2.28. The molecule has 6 rings (SSSR count). The van der Waals surface area contributed by atoms with Gasteiger partial charge in [0.2, 0.25) is 0 Å². The molecular formula is C30H38N4O2. The maximum absolute atomic E-state index is 13.4. The Morgan fingerprint density at radius 1 is 1.03 bits per heavy atom. The van der Waals surface area contributed by atoms with Gasteiger partial charge in [-0.1, -0.05) is 62.6 Å². The quantitative estimate of drug-likeness (QED) is 0.517. The first-order valence-electron chi connectivity index (χ1n) is 13.8. The minimum atomic E-state index is -0.0150. The Morgan fingerprint density at radius 2 is 1.81 bits per heavy atom. The van der Waals surface area contributed by atoms with Crippen LogP contribution >= 0.6 is 0 Å². The molecule has 0 spiro atoms. The van der Waals surface area contributed by atoms with Crippen molar-refractivity contribution in [2.75, 3.05) is 24.5 Å². The lowest BCUT2D eigenvalue weighted by molar-refractivity contribution is 0.0706. The van der Waals surface area contributed by atoms with E-state index in [9.17, 15) is 4.79 Å². The minimum Gasteiger partial charge on any atom is -0.423 e. The number of para-hydroxylation sites is 1. The van der Waals surface area contributed by atoms with Crippen LogP contribution in [0.5, 0.6) is 0 Å². The molecule has 1 aliphatic heterocycles. The van der Waals surface area contributed by atoms with E-state index < -0.39 is 0 Å². The maximum Gasteiger partial charge on any atom is 0.298 e. The zero-order chi connectivity index (χ0) is 24.6. The molecule has 6 nitrogen and oxygen atoms in total. The van der Waals surface area contributed by atoms with Crippen LogP contribution in [0.4, 0.5) is 6.01 Å². The molecule has 2 unspecified atom stereocenters. The van der Waals surface area contributed by atoms with Crippen molar-refractivity contribution in [3.63, 3.8) is 0 Å². The van der Waals surface area contributed by atoms with Crippen LogP contribution in [0.25, 0.3) is 11.1 Å². The van der Waals surface area contributed by atoms with E-state index >= 15 is 0 Å². The highest BCUT2D eigenvalue weighted by atomic mass is 16.4. The second-order valence-electron chi connectivity index (χ2n) is 11.4. The summed E-state index contributed by atoms with van der Waals surface area (Å²) in [6.45, 7) is 8.34. The molecule has 2 heterocycles. The number of hydrogen-bond donors (Lipinski definition) is 1. The van der Waals surface area contributed by atoms with Gasteiger partial charge in [-0.2, -0.15) is 4.98 Å². The van der Waals surface area contributed by atoms with Crippen LogP contribution in [0.15, 0.2) is 52.9 Å². The Balaban J connectivity index is 1.15. The number of carbonyl (C=O) groups excluding carboxylic acids is 1. The molecule has 0 radical (unpaired) electrons. The van der Waals surface area contributed by atoms with Crippen molar-refractivity contribution >= 4 is 23.0 Å². The van der Waals surface area contributed by atoms with E-state index in [1.54, 1.807) is 0 Å². The Kier molecular flexibility index (Phi) is 6.46. The zero-order valence-corrected chi connectivity index (χ0v) is 21.5. The number of rotatable bonds is 5. The number of nitrogens with zero attached hydrogens (tertiary/aromatic N) is 3. The molecule has 3 aliphatic rings. The molecule has 3 aromatic rings. The van der Waals surface area contributed by atoms with E-state index in [0.717, 1.165) is 56.8 Å². The van der Waals surface area contributed by atoms with E-state index in [1.807, 2.05) is 18.2 Å². The van der Waals surface area contributed by atoms with Crippen LogP contribution in [-0.4, -0.2) is 47.5 Å². The number of carbonyl (C=O) groups is 1. The normalized spacial score (nSPS) is 28.8. The van der Waals surface area contributed by atoms with E-state index in [1.165, 1.54) is 24.8 Å². The molecule has 2 aromatic carbocycles. The van der Waals surface area contributed by atoms with Crippen molar-refractivity contribution in [2.24, 2.45) is 17.8 Å². The zero-order valence-electron chi connectivity index (χ0n) is 21.5. The number of amides is 1. The maximum atomic E-state index is 13.4. The van der Waals surface area contributed by atoms with Crippen LogP contribution in [0.1, 0.15) is 61.9 Å². The number of fused-ring (bicyclic) bond motifs is 3. The van der Waals surface area contributed by atoms with Gasteiger partial charge in [0, 0.05) is 38.3 Å². The number of nitrogens with one attached hydrogen (secondary N) is 1. The van der Waals surface area contributed by atoms with Crippen molar-refractivity contribution in [3.8, 4) is 0 Å². The van der Waals surface area contributed by atoms with Gasteiger partial charge in [0.15, 0.2) is 5.58 Å². The Labute approximate surface area is 214 Å². The topological polar surface area (TPSA) is 61.6 Å². The van der Waals surface area contributed by atoms with Gasteiger partial charge < -0.3 is 14.6 Å². The number of hydrogen-bond acceptors (Lipinski definition) is 5. The molecule has 36 heavy (non-hydrogen) atoms. The predicted octanol–water partition coefficient (Wildman–Crippen LogP) is 5.48. The Hall–Kier alpha value is -2.86. The first-order valence-corrected chi connectivity index (χ1v) is 13.8. The fraction of sp³-hybridized carbons (Fsp3) is 0.533. The van der Waals surface area contributed by atoms with Crippen LogP contribution in [-0.2, 0) is 6.54 Å². The lowest BCUT2D eigenvalue weighted by Gasteiger charge is -2.44. The second kappa shape index (κ2) is 9.89. The summed E-state index contributed by atoms with van der Waals surface area (Å²) in [4.78, 5) is 23.0. The fourth-order valence-electron chi connectivity index (χ4n) is 6.97. The van der Waals surface area contributed by atoms with Crippen molar-refractivity contribution in [1.82, 2.24) is 15.2 Å². The molecule has 3 atom stereocenters. The van der Waals surface area contributed by atoms with Crippen molar-refractivity contribution in [3.05, 3.63) is 59.7 Å². The predicted molar refractivity (Wildman–Crippen MR) is 143 cm³/mol. The lowest BCUT2D eigenvalue weighted by atomic mass is 9.64. The molecule has 1 saturated heterocycles. The molecule has 6 heteroatoms. The highest BCUT2D eigenvalue weighted by Gasteiger charge is 2.38. The van der Waals surface area contributed by atoms with Crippen molar-refractivity contribution < 1.29 is 9.21 Å². The fourth-order valence-corrected chi connectivity index (χ4v) is 6.97. The van der Waals surface area contributed by atoms with Gasteiger partial charge in [0.25, 0.3) is 11.9 Å². The molecule has 1 aromatic heterocycles. The highest BCUT2D eigenvalue weighted by molar-refractivity contribution is 6.04. The summed E-state index contributed by atoms with van der Waals surface area (Å²) in [5.41, 5.74) is 3.33. The summed E-state index contributed by atoms with van der Waals surface area (Å²) < 4.78 is 6.20. The number of benzene rings is 2. The molecule has 1 N–H and O–H groups in total. The first kappa shape index (κ1) is 23.5. The minimum absolute atomic E-state index is 0.0150. The molecule has 190 valence electrons.